The van der Waals surface area contributed by atoms with E-state index in [-0.39, 0.29) is 59.2 Å². The largest absolute Gasteiger partial charge is 0.480 e. The minimum Gasteiger partial charge on any atom is -0.480 e. The first-order valence-electron chi connectivity index (χ1n) is 22.1. The molecule has 2 aromatic carbocycles. The van der Waals surface area contributed by atoms with E-state index in [4.69, 9.17) is 34.0 Å². The number of hydrogen-bond acceptors (Lipinski definition) is 17. The zero-order chi connectivity index (χ0) is 51.0. The molecule has 2 aliphatic heterocycles. The summed E-state index contributed by atoms with van der Waals surface area (Å²) in [6, 6.07) is 15.4. The average Bonchev–Trinajstić information content (AvgIpc) is 3.42. The Morgan fingerprint density at radius 2 is 0.928 bits per heavy atom. The highest BCUT2D eigenvalue weighted by atomic mass is 32.1. The van der Waals surface area contributed by atoms with E-state index in [0.717, 1.165) is 35.6 Å². The molecule has 11 N–H and O–H groups in total. The van der Waals surface area contributed by atoms with Crippen molar-refractivity contribution in [2.75, 3.05) is 129 Å². The maximum atomic E-state index is 11.4. The summed E-state index contributed by atoms with van der Waals surface area (Å²) in [6.07, 6.45) is -0.337. The molecule has 4 rings (SSSR count). The molecule has 2 aliphatic rings. The second-order valence-electron chi connectivity index (χ2n) is 15.7. The number of carbonyl (C=O) groups excluding carboxylic acids is 2. The molecule has 2 unspecified atom stereocenters. The maximum Gasteiger partial charge on any atom is 0.317 e. The second-order valence-corrected chi connectivity index (χ2v) is 16.5. The number of nitrogens with zero attached hydrogens (tertiary/aromatic N) is 6. The van der Waals surface area contributed by atoms with Gasteiger partial charge in [0.2, 0.25) is 0 Å². The number of aliphatic hydroxyl groups is 4. The minimum absolute atomic E-state index is 0. The average molecular weight is 1010 g/mol. The van der Waals surface area contributed by atoms with E-state index >= 15 is 0 Å². The lowest BCUT2D eigenvalue weighted by Gasteiger charge is -2.34. The van der Waals surface area contributed by atoms with Crippen molar-refractivity contribution in [2.45, 2.75) is 52.5 Å². The van der Waals surface area contributed by atoms with Crippen molar-refractivity contribution in [1.29, 1.82) is 0 Å². The Morgan fingerprint density at radius 1 is 0.580 bits per heavy atom. The van der Waals surface area contributed by atoms with Crippen molar-refractivity contribution in [3.8, 4) is 0 Å². The van der Waals surface area contributed by atoms with Gasteiger partial charge in [-0.15, -0.1) is 0 Å². The zero-order valence-corrected chi connectivity index (χ0v) is 40.7. The van der Waals surface area contributed by atoms with Crippen LogP contribution in [0.1, 0.15) is 32.4 Å². The molecule has 0 bridgehead atoms. The van der Waals surface area contributed by atoms with E-state index in [1.807, 2.05) is 95.6 Å². The Labute approximate surface area is 416 Å². The van der Waals surface area contributed by atoms with E-state index in [0.29, 0.717) is 88.5 Å². The van der Waals surface area contributed by atoms with Crippen LogP contribution in [0.4, 0.5) is 11.4 Å². The van der Waals surface area contributed by atoms with Gasteiger partial charge >= 0.3 is 17.9 Å². The molecule has 69 heavy (non-hydrogen) atoms. The number of hydrogen-bond donors (Lipinski definition) is 11. The highest BCUT2D eigenvalue weighted by molar-refractivity contribution is 7.80. The molecule has 0 aliphatic carbocycles. The van der Waals surface area contributed by atoms with Gasteiger partial charge in [0.05, 0.1) is 33.1 Å². The lowest BCUT2D eigenvalue weighted by Crippen LogP contribution is -2.49. The first-order valence-corrected chi connectivity index (χ1v) is 22.9. The highest BCUT2D eigenvalue weighted by Gasteiger charge is 2.28. The number of anilines is 2. The normalized spacial score (nSPS) is 17.8. The van der Waals surface area contributed by atoms with Crippen molar-refractivity contribution >= 4 is 77.5 Å². The van der Waals surface area contributed by atoms with E-state index < -0.39 is 24.2 Å². The van der Waals surface area contributed by atoms with Crippen LogP contribution in [0, 0.1) is 0 Å². The van der Waals surface area contributed by atoms with Crippen LogP contribution in [0.3, 0.4) is 0 Å². The molecular weight excluding hydrogens is 937 g/mol. The smallest absolute Gasteiger partial charge is 0.317 e. The molecule has 0 saturated carbocycles. The first-order chi connectivity index (χ1) is 32.6. The van der Waals surface area contributed by atoms with Gasteiger partial charge in [0, 0.05) is 109 Å². The summed E-state index contributed by atoms with van der Waals surface area (Å²) in [5, 5.41) is 80.1. The fraction of sp³-hybridized carbons (Fsp3) is 0.578. The van der Waals surface area contributed by atoms with Gasteiger partial charge in [-0.05, 0) is 86.5 Å². The Bertz CT molecular complexity index is 1770. The molecule has 0 aromatic heterocycles. The van der Waals surface area contributed by atoms with Crippen LogP contribution in [-0.2, 0) is 36.8 Å². The summed E-state index contributed by atoms with van der Waals surface area (Å²) in [6.45, 7) is 13.7. The second kappa shape index (κ2) is 37.1. The van der Waals surface area contributed by atoms with Crippen LogP contribution in [0.2, 0.25) is 0 Å². The van der Waals surface area contributed by atoms with Crippen LogP contribution in [0.25, 0.3) is 0 Å². The predicted octanol–water partition coefficient (Wildman–Crippen LogP) is -0.622. The molecule has 2 fully saturated rings. The molecule has 2 aromatic rings. The number of carboxylic acid groups (broad SMARTS) is 3. The summed E-state index contributed by atoms with van der Waals surface area (Å²) in [5.74, 6) is -2.81. The number of aliphatic hydroxyl groups excluding tert-OH is 3. The first kappa shape index (κ1) is 64.2. The van der Waals surface area contributed by atoms with Crippen LogP contribution in [0.5, 0.6) is 0 Å². The molecule has 24 heteroatoms. The number of aliphatic carboxylic acids is 3. The topological polar surface area (TPSA) is 295 Å². The highest BCUT2D eigenvalue weighted by Crippen LogP contribution is 2.18. The summed E-state index contributed by atoms with van der Waals surface area (Å²) in [4.78, 5) is 61.1. The zero-order valence-electron chi connectivity index (χ0n) is 39.1. The van der Waals surface area contributed by atoms with Crippen molar-refractivity contribution in [3.05, 3.63) is 59.7 Å². The molecule has 0 radical (unpaired) electrons. The van der Waals surface area contributed by atoms with Gasteiger partial charge in [0.15, 0.2) is 16.5 Å². The van der Waals surface area contributed by atoms with E-state index in [1.54, 1.807) is 9.80 Å². The van der Waals surface area contributed by atoms with Crippen molar-refractivity contribution in [1.82, 2.24) is 40.0 Å². The van der Waals surface area contributed by atoms with Gasteiger partial charge in [0.25, 0.3) is 0 Å². The van der Waals surface area contributed by atoms with E-state index in [1.165, 1.54) is 0 Å². The fourth-order valence-electron chi connectivity index (χ4n) is 7.55. The van der Waals surface area contributed by atoms with Gasteiger partial charge in [-0.3, -0.25) is 43.8 Å². The third kappa shape index (κ3) is 27.2. The molecular formula is C45H76N10O12S2. The van der Waals surface area contributed by atoms with Gasteiger partial charge in [-0.25, -0.2) is 0 Å². The molecule has 0 amide bonds. The molecule has 2 saturated heterocycles. The van der Waals surface area contributed by atoms with Gasteiger partial charge in [-0.2, -0.15) is 0 Å². The van der Waals surface area contributed by atoms with Crippen LogP contribution in [-0.4, -0.2) is 243 Å². The molecule has 2 atom stereocenters. The summed E-state index contributed by atoms with van der Waals surface area (Å²) >= 11 is 10.4. The van der Waals surface area contributed by atoms with Crippen molar-refractivity contribution in [3.63, 3.8) is 0 Å². The van der Waals surface area contributed by atoms with Gasteiger partial charge in [0.1, 0.15) is 13.6 Å². The number of β-amino-alcohol motifs (C(OH)–C–C–N with tert-alkyl or cyclic N) is 2. The summed E-state index contributed by atoms with van der Waals surface area (Å²) in [5.41, 5.74) is 3.82. The number of benzene rings is 2. The van der Waals surface area contributed by atoms with Gasteiger partial charge < -0.3 is 66.6 Å². The lowest BCUT2D eigenvalue weighted by atomic mass is 10.0. The number of carboxylic acids is 3. The van der Waals surface area contributed by atoms with Crippen LogP contribution < -0.4 is 21.3 Å². The van der Waals surface area contributed by atoms with Crippen molar-refractivity contribution < 1.29 is 59.7 Å². The van der Waals surface area contributed by atoms with Crippen molar-refractivity contribution in [2.24, 2.45) is 0 Å². The Morgan fingerprint density at radius 3 is 1.30 bits per heavy atom. The fourth-order valence-corrected chi connectivity index (χ4v) is 8.08. The number of rotatable bonds is 18. The lowest BCUT2D eigenvalue weighted by molar-refractivity contribution is -0.140. The third-order valence-corrected chi connectivity index (χ3v) is 11.2. The maximum absolute atomic E-state index is 11.4. The summed E-state index contributed by atoms with van der Waals surface area (Å²) < 4.78 is 0. The quantitative estimate of drug-likeness (QED) is 0.0655. The van der Waals surface area contributed by atoms with Crippen LogP contribution in [0.15, 0.2) is 48.5 Å². The Kier molecular flexibility index (Phi) is 34.5. The molecule has 2 heterocycles. The molecule has 390 valence electrons. The van der Waals surface area contributed by atoms with E-state index in [9.17, 15) is 50.1 Å². The Balaban J connectivity index is 0.00000124. The number of carbonyl (C=O) groups is 5. The SMILES string of the molecule is C.C=O.C=O.CCNC(=S)Nc1ccc(CC2CN(CC(=O)O)CCN(CC(=O)O)CCN2CC(O)O)cc1.CCNC(=S)Nc1ccc(CC2CN(CC(=O)O)CCN(CO)CCN2CO)cc1. The molecule has 22 nitrogen and oxygen atoms in total. The minimum atomic E-state index is -1.57. The summed E-state index contributed by atoms with van der Waals surface area (Å²) in [7, 11) is 0. The predicted molar refractivity (Wildman–Crippen MR) is 273 cm³/mol. The third-order valence-electron chi connectivity index (χ3n) is 10.7. The van der Waals surface area contributed by atoms with Crippen LogP contribution >= 0.6 is 24.4 Å². The number of nitrogens with one attached hydrogen (secondary N) is 4. The standard InChI is InChI=1S/C22H35N5O6S.C20H33N5O4S.2CH2O.CH4/c1-2-23-22(34)24-17-5-3-16(4-6-17)11-18-12-26(14-20(30)31)8-7-25(13-19(28)29)9-10-27(18)15-21(32)33;1-2-21-20(30)22-17-5-3-16(4-6-17)11-18-12-24(13-19(28)29)8-7-23(14-26)9-10-25(18)15-27;2*1-2;/h3-6,18,21,32-33H,2,7-15H2,1H3,(H,28,29)(H,30,31)(H2,23,24,34);3-6,18,26-27H,2,7-15H2,1H3,(H,28,29)(H2,21,22,30);2*1H2;1H4. The monoisotopic (exact) mass is 1010 g/mol. The van der Waals surface area contributed by atoms with E-state index in [2.05, 4.69) is 21.3 Å². The van der Waals surface area contributed by atoms with Gasteiger partial charge in [-0.1, -0.05) is 31.7 Å². The number of thiocarbonyl (C=S) groups is 2. The molecule has 0 spiro atoms. The Hall–Kier alpha value is -4.83.